The van der Waals surface area contributed by atoms with Crippen molar-refractivity contribution >= 4 is 33.5 Å². The standard InChI is InChI=1S/C8H17N3O3P2S/c1-2-4-11-8(12)7-6(9-17(11,13)14)3-5-10(7)16-15/h6-7,9,16H,2-5,15H2,1H3. The number of nitrogens with zero attached hydrogens (tertiary/aromatic N) is 2. The van der Waals surface area contributed by atoms with Crippen molar-refractivity contribution in [3.8, 4) is 0 Å². The Bertz CT molecular complexity index is 416. The zero-order chi connectivity index (χ0) is 12.6. The molecule has 0 aromatic carbocycles. The smallest absolute Gasteiger partial charge is 0.272 e. The summed E-state index contributed by atoms with van der Waals surface area (Å²) >= 11 is 0. The van der Waals surface area contributed by atoms with Crippen LogP contribution in [0.1, 0.15) is 19.8 Å². The van der Waals surface area contributed by atoms with E-state index < -0.39 is 10.2 Å². The fourth-order valence-electron chi connectivity index (χ4n) is 2.32. The Balaban J connectivity index is 2.28. The predicted octanol–water partition coefficient (Wildman–Crippen LogP) is -0.101. The topological polar surface area (TPSA) is 69.7 Å². The van der Waals surface area contributed by atoms with Gasteiger partial charge in [-0.2, -0.15) is 13.1 Å². The minimum Gasteiger partial charge on any atom is -0.272 e. The maximum absolute atomic E-state index is 12.2. The van der Waals surface area contributed by atoms with Gasteiger partial charge in [0.15, 0.2) is 0 Å². The fourth-order valence-corrected chi connectivity index (χ4v) is 5.42. The SMILES string of the molecule is CCCN1C(=O)C2C(CCN2PP)NS1(=O)=O. The molecule has 2 rings (SSSR count). The van der Waals surface area contributed by atoms with Crippen molar-refractivity contribution in [3.05, 3.63) is 0 Å². The monoisotopic (exact) mass is 297 g/mol. The zero-order valence-electron chi connectivity index (χ0n) is 9.59. The molecule has 9 heteroatoms. The third-order valence-corrected chi connectivity index (χ3v) is 6.45. The van der Waals surface area contributed by atoms with E-state index in [9.17, 15) is 13.2 Å². The molecule has 0 aromatic rings. The third kappa shape index (κ3) is 2.36. The summed E-state index contributed by atoms with van der Waals surface area (Å²) in [5.41, 5.74) is 0. The summed E-state index contributed by atoms with van der Waals surface area (Å²) in [6.07, 6.45) is 1.34. The van der Waals surface area contributed by atoms with Crippen molar-refractivity contribution in [1.82, 2.24) is 13.7 Å². The van der Waals surface area contributed by atoms with Crippen LogP contribution < -0.4 is 4.72 Å². The van der Waals surface area contributed by atoms with Crippen molar-refractivity contribution < 1.29 is 13.2 Å². The Hall–Kier alpha value is 0.200. The Morgan fingerprint density at radius 2 is 2.29 bits per heavy atom. The van der Waals surface area contributed by atoms with Crippen LogP contribution in [0.25, 0.3) is 0 Å². The molecule has 4 unspecified atom stereocenters. The van der Waals surface area contributed by atoms with Gasteiger partial charge in [0.25, 0.3) is 5.91 Å². The van der Waals surface area contributed by atoms with Crippen LogP contribution in [0.5, 0.6) is 0 Å². The van der Waals surface area contributed by atoms with E-state index in [4.69, 9.17) is 0 Å². The van der Waals surface area contributed by atoms with Crippen LogP contribution in [0, 0.1) is 0 Å². The lowest BCUT2D eigenvalue weighted by molar-refractivity contribution is -0.131. The van der Waals surface area contributed by atoms with Crippen LogP contribution in [-0.2, 0) is 15.0 Å². The van der Waals surface area contributed by atoms with E-state index in [0.29, 0.717) is 21.3 Å². The van der Waals surface area contributed by atoms with E-state index in [1.54, 1.807) is 0 Å². The Labute approximate surface area is 106 Å². The molecule has 2 saturated heterocycles. The zero-order valence-corrected chi connectivity index (χ0v) is 12.6. The van der Waals surface area contributed by atoms with Crippen LogP contribution in [0.2, 0.25) is 0 Å². The first-order valence-electron chi connectivity index (χ1n) is 5.58. The average molecular weight is 297 g/mol. The maximum atomic E-state index is 12.2. The first kappa shape index (κ1) is 13.6. The van der Waals surface area contributed by atoms with Gasteiger partial charge in [0.1, 0.15) is 6.04 Å². The molecule has 0 aromatic heterocycles. The Kier molecular flexibility index (Phi) is 4.06. The molecule has 2 aliphatic rings. The average Bonchev–Trinajstić information content (AvgIpc) is 2.66. The van der Waals surface area contributed by atoms with Crippen LogP contribution in [-0.4, -0.2) is 48.5 Å². The highest BCUT2D eigenvalue weighted by molar-refractivity contribution is 8.01. The summed E-state index contributed by atoms with van der Waals surface area (Å²) in [5, 5.41) is 0. The van der Waals surface area contributed by atoms with E-state index in [2.05, 4.69) is 13.7 Å². The summed E-state index contributed by atoms with van der Waals surface area (Å²) < 4.78 is 29.4. The third-order valence-electron chi connectivity index (χ3n) is 3.08. The normalized spacial score (nSPS) is 33.5. The van der Waals surface area contributed by atoms with E-state index in [1.807, 2.05) is 11.6 Å². The van der Waals surface area contributed by atoms with Gasteiger partial charge in [-0.15, -0.1) is 0 Å². The van der Waals surface area contributed by atoms with Gasteiger partial charge >= 0.3 is 10.2 Å². The summed E-state index contributed by atoms with van der Waals surface area (Å²) in [5.74, 6) is -0.275. The minimum atomic E-state index is -3.62. The molecular formula is C8H17N3O3P2S. The molecule has 6 nitrogen and oxygen atoms in total. The van der Waals surface area contributed by atoms with E-state index >= 15 is 0 Å². The number of amides is 1. The highest BCUT2D eigenvalue weighted by Crippen LogP contribution is 2.37. The molecule has 1 N–H and O–H groups in total. The molecule has 1 amide bonds. The molecule has 0 saturated carbocycles. The minimum absolute atomic E-state index is 0.255. The van der Waals surface area contributed by atoms with Gasteiger partial charge in [0.05, 0.1) is 0 Å². The molecule has 0 bridgehead atoms. The lowest BCUT2D eigenvalue weighted by atomic mass is 10.1. The molecule has 4 atom stereocenters. The summed E-state index contributed by atoms with van der Waals surface area (Å²) in [7, 11) is -0.555. The van der Waals surface area contributed by atoms with Gasteiger partial charge in [-0.25, -0.2) is 4.31 Å². The van der Waals surface area contributed by atoms with E-state index in [0.717, 1.165) is 10.8 Å². The number of fused-ring (bicyclic) bond motifs is 1. The molecule has 17 heavy (non-hydrogen) atoms. The van der Waals surface area contributed by atoms with Gasteiger partial charge in [0, 0.05) is 19.1 Å². The number of hydrogen-bond donors (Lipinski definition) is 1. The van der Waals surface area contributed by atoms with E-state index in [1.165, 1.54) is 0 Å². The number of rotatable bonds is 3. The fraction of sp³-hybridized carbons (Fsp3) is 0.875. The van der Waals surface area contributed by atoms with Crippen molar-refractivity contribution in [2.75, 3.05) is 13.1 Å². The quantitative estimate of drug-likeness (QED) is 0.739. The number of carbonyl (C=O) groups is 1. The number of carbonyl (C=O) groups excluding carboxylic acids is 1. The molecule has 2 heterocycles. The van der Waals surface area contributed by atoms with Crippen molar-refractivity contribution in [2.24, 2.45) is 0 Å². The molecule has 0 spiro atoms. The van der Waals surface area contributed by atoms with Gasteiger partial charge in [-0.1, -0.05) is 15.9 Å². The summed E-state index contributed by atoms with van der Waals surface area (Å²) in [4.78, 5) is 12.2. The number of hydrogen-bond acceptors (Lipinski definition) is 4. The highest BCUT2D eigenvalue weighted by Gasteiger charge is 2.49. The van der Waals surface area contributed by atoms with Crippen LogP contribution in [0.3, 0.4) is 0 Å². The van der Waals surface area contributed by atoms with Gasteiger partial charge in [0.2, 0.25) is 0 Å². The van der Waals surface area contributed by atoms with Gasteiger partial charge in [-0.05, 0) is 21.3 Å². The second-order valence-electron chi connectivity index (χ2n) is 4.20. The Morgan fingerprint density at radius 1 is 1.59 bits per heavy atom. The lowest BCUT2D eigenvalue weighted by Gasteiger charge is -2.36. The van der Waals surface area contributed by atoms with Crippen molar-refractivity contribution in [1.29, 1.82) is 0 Å². The second kappa shape index (κ2) is 5.06. The molecule has 2 aliphatic heterocycles. The predicted molar refractivity (Wildman–Crippen MR) is 71.0 cm³/mol. The largest absolute Gasteiger partial charge is 0.304 e. The maximum Gasteiger partial charge on any atom is 0.304 e. The van der Waals surface area contributed by atoms with Crippen LogP contribution in [0.15, 0.2) is 0 Å². The van der Waals surface area contributed by atoms with Crippen molar-refractivity contribution in [2.45, 2.75) is 31.8 Å². The summed E-state index contributed by atoms with van der Waals surface area (Å²) in [6, 6.07) is -0.574. The molecule has 0 aliphatic carbocycles. The van der Waals surface area contributed by atoms with Crippen LogP contribution in [0.4, 0.5) is 0 Å². The summed E-state index contributed by atoms with van der Waals surface area (Å²) in [6.45, 7) is 2.88. The van der Waals surface area contributed by atoms with Gasteiger partial charge < -0.3 is 0 Å². The molecule has 0 radical (unpaired) electrons. The Morgan fingerprint density at radius 3 is 2.88 bits per heavy atom. The first-order valence-corrected chi connectivity index (χ1v) is 9.77. The van der Waals surface area contributed by atoms with Crippen molar-refractivity contribution in [3.63, 3.8) is 0 Å². The molecule has 2 fully saturated rings. The second-order valence-corrected chi connectivity index (χ2v) is 7.43. The molecule has 98 valence electrons. The van der Waals surface area contributed by atoms with E-state index in [-0.39, 0.29) is 24.5 Å². The molecular weight excluding hydrogens is 280 g/mol. The first-order chi connectivity index (χ1) is 8.01. The number of nitrogens with one attached hydrogen (secondary N) is 1. The van der Waals surface area contributed by atoms with Gasteiger partial charge in [-0.3, -0.25) is 9.46 Å². The lowest BCUT2D eigenvalue weighted by Crippen LogP contribution is -2.63. The highest BCUT2D eigenvalue weighted by atomic mass is 32.2. The van der Waals surface area contributed by atoms with Crippen LogP contribution >= 0.6 is 17.3 Å².